The van der Waals surface area contributed by atoms with E-state index < -0.39 is 0 Å². The molecule has 0 heterocycles. The first-order chi connectivity index (χ1) is 4.85. The SMILES string of the molecule is COCN(COC)COC. The molecule has 0 aliphatic carbocycles. The summed E-state index contributed by atoms with van der Waals surface area (Å²) in [5, 5.41) is 0. The van der Waals surface area contributed by atoms with Gasteiger partial charge in [-0.05, 0) is 0 Å². The van der Waals surface area contributed by atoms with Crippen LogP contribution in [0, 0.1) is 0 Å². The van der Waals surface area contributed by atoms with E-state index in [4.69, 9.17) is 14.2 Å². The van der Waals surface area contributed by atoms with Gasteiger partial charge >= 0.3 is 0 Å². The minimum absolute atomic E-state index is 0.529. The van der Waals surface area contributed by atoms with Crippen LogP contribution in [0.4, 0.5) is 0 Å². The largest absolute Gasteiger partial charge is 0.369 e. The molecule has 0 amide bonds. The van der Waals surface area contributed by atoms with Gasteiger partial charge < -0.3 is 14.2 Å². The lowest BCUT2D eigenvalue weighted by Crippen LogP contribution is -2.29. The Morgan fingerprint density at radius 1 is 0.800 bits per heavy atom. The van der Waals surface area contributed by atoms with Gasteiger partial charge in [-0.25, -0.2) is 4.90 Å². The zero-order valence-corrected chi connectivity index (χ0v) is 6.79. The van der Waals surface area contributed by atoms with Crippen LogP contribution in [0.1, 0.15) is 0 Å². The Labute approximate surface area is 61.7 Å². The molecular formula is C6H15NO3. The fraction of sp³-hybridized carbons (Fsp3) is 1.00. The maximum absolute atomic E-state index is 4.88. The van der Waals surface area contributed by atoms with Gasteiger partial charge in [0.25, 0.3) is 0 Å². The minimum atomic E-state index is 0.529. The number of nitrogens with zero attached hydrogens (tertiary/aromatic N) is 1. The monoisotopic (exact) mass is 149 g/mol. The van der Waals surface area contributed by atoms with E-state index in [1.54, 1.807) is 21.3 Å². The fourth-order valence-electron chi connectivity index (χ4n) is 0.660. The van der Waals surface area contributed by atoms with Crippen LogP contribution < -0.4 is 0 Å². The molecule has 0 aromatic heterocycles. The Kier molecular flexibility index (Phi) is 6.84. The van der Waals surface area contributed by atoms with E-state index >= 15 is 0 Å². The highest BCUT2D eigenvalue weighted by Crippen LogP contribution is 1.87. The molecule has 0 spiro atoms. The molecule has 0 unspecified atom stereocenters. The van der Waals surface area contributed by atoms with Crippen molar-refractivity contribution in [3.63, 3.8) is 0 Å². The smallest absolute Gasteiger partial charge is 0.102 e. The van der Waals surface area contributed by atoms with Crippen LogP contribution >= 0.6 is 0 Å². The lowest BCUT2D eigenvalue weighted by molar-refractivity contribution is -0.0683. The maximum Gasteiger partial charge on any atom is 0.102 e. The Hall–Kier alpha value is -0.160. The van der Waals surface area contributed by atoms with E-state index in [0.717, 1.165) is 0 Å². The van der Waals surface area contributed by atoms with E-state index in [0.29, 0.717) is 20.2 Å². The van der Waals surface area contributed by atoms with Crippen LogP contribution in [0.5, 0.6) is 0 Å². The van der Waals surface area contributed by atoms with Crippen molar-refractivity contribution in [3.8, 4) is 0 Å². The van der Waals surface area contributed by atoms with E-state index in [1.807, 2.05) is 4.90 Å². The lowest BCUT2D eigenvalue weighted by atomic mass is 10.8. The predicted molar refractivity (Wildman–Crippen MR) is 37.5 cm³/mol. The number of hydrogen-bond donors (Lipinski definition) is 0. The molecule has 0 bridgehead atoms. The molecule has 0 rings (SSSR count). The van der Waals surface area contributed by atoms with Crippen molar-refractivity contribution in [1.29, 1.82) is 0 Å². The van der Waals surface area contributed by atoms with Crippen molar-refractivity contribution >= 4 is 0 Å². The molecule has 62 valence electrons. The molecule has 0 atom stereocenters. The van der Waals surface area contributed by atoms with Crippen molar-refractivity contribution in [3.05, 3.63) is 0 Å². The van der Waals surface area contributed by atoms with Gasteiger partial charge in [-0.2, -0.15) is 0 Å². The topological polar surface area (TPSA) is 30.9 Å². The zero-order valence-electron chi connectivity index (χ0n) is 6.79. The summed E-state index contributed by atoms with van der Waals surface area (Å²) in [5.74, 6) is 0. The second-order valence-corrected chi connectivity index (χ2v) is 1.92. The van der Waals surface area contributed by atoms with Gasteiger partial charge in [0.2, 0.25) is 0 Å². The van der Waals surface area contributed by atoms with Gasteiger partial charge in [0.15, 0.2) is 0 Å². The Morgan fingerprint density at radius 3 is 1.30 bits per heavy atom. The second kappa shape index (κ2) is 6.95. The summed E-state index contributed by atoms with van der Waals surface area (Å²) in [4.78, 5) is 1.88. The molecule has 0 N–H and O–H groups in total. The highest BCUT2D eigenvalue weighted by atomic mass is 16.5. The zero-order chi connectivity index (χ0) is 7.82. The van der Waals surface area contributed by atoms with Gasteiger partial charge in [0.05, 0.1) is 0 Å². The summed E-state index contributed by atoms with van der Waals surface area (Å²) in [5.41, 5.74) is 0. The van der Waals surface area contributed by atoms with Crippen molar-refractivity contribution < 1.29 is 14.2 Å². The van der Waals surface area contributed by atoms with E-state index in [2.05, 4.69) is 0 Å². The third-order valence-corrected chi connectivity index (χ3v) is 0.935. The van der Waals surface area contributed by atoms with Crippen LogP contribution in [0.2, 0.25) is 0 Å². The van der Waals surface area contributed by atoms with Gasteiger partial charge in [0.1, 0.15) is 20.2 Å². The molecule has 0 aromatic rings. The Morgan fingerprint density at radius 2 is 1.10 bits per heavy atom. The predicted octanol–water partition coefficient (Wildman–Crippen LogP) is 0.100. The van der Waals surface area contributed by atoms with Crippen molar-refractivity contribution in [2.45, 2.75) is 0 Å². The summed E-state index contributed by atoms with van der Waals surface area (Å²) < 4.78 is 14.6. The summed E-state index contributed by atoms with van der Waals surface area (Å²) in [6.07, 6.45) is 0. The summed E-state index contributed by atoms with van der Waals surface area (Å²) in [7, 11) is 4.91. The molecule has 0 aromatic carbocycles. The van der Waals surface area contributed by atoms with E-state index in [-0.39, 0.29) is 0 Å². The van der Waals surface area contributed by atoms with E-state index in [1.165, 1.54) is 0 Å². The summed E-state index contributed by atoms with van der Waals surface area (Å²) in [6, 6.07) is 0. The normalized spacial score (nSPS) is 10.8. The standard InChI is InChI=1S/C6H15NO3/c1-8-4-7(5-9-2)6-10-3/h4-6H2,1-3H3. The average Bonchev–Trinajstić information content (AvgIpc) is 1.90. The average molecular weight is 149 g/mol. The molecule has 4 heteroatoms. The number of ether oxygens (including phenoxy) is 3. The highest BCUT2D eigenvalue weighted by Gasteiger charge is 2.00. The first-order valence-electron chi connectivity index (χ1n) is 3.04. The van der Waals surface area contributed by atoms with E-state index in [9.17, 15) is 0 Å². The summed E-state index contributed by atoms with van der Waals surface area (Å²) >= 11 is 0. The minimum Gasteiger partial charge on any atom is -0.369 e. The molecular weight excluding hydrogens is 134 g/mol. The molecule has 0 saturated carbocycles. The number of methoxy groups -OCH3 is 3. The quantitative estimate of drug-likeness (QED) is 0.501. The van der Waals surface area contributed by atoms with Crippen LogP contribution in [-0.4, -0.2) is 46.4 Å². The second-order valence-electron chi connectivity index (χ2n) is 1.92. The molecule has 0 aliphatic heterocycles. The fourth-order valence-corrected chi connectivity index (χ4v) is 0.660. The van der Waals surface area contributed by atoms with Gasteiger partial charge in [-0.3, -0.25) is 0 Å². The Bertz CT molecular complexity index is 55.7. The third kappa shape index (κ3) is 4.69. The van der Waals surface area contributed by atoms with Crippen LogP contribution in [-0.2, 0) is 14.2 Å². The van der Waals surface area contributed by atoms with Gasteiger partial charge in [0, 0.05) is 21.3 Å². The van der Waals surface area contributed by atoms with Crippen LogP contribution in [0.3, 0.4) is 0 Å². The van der Waals surface area contributed by atoms with Gasteiger partial charge in [-0.15, -0.1) is 0 Å². The van der Waals surface area contributed by atoms with Crippen molar-refractivity contribution in [2.24, 2.45) is 0 Å². The van der Waals surface area contributed by atoms with Crippen molar-refractivity contribution in [1.82, 2.24) is 4.90 Å². The first kappa shape index (κ1) is 9.84. The summed E-state index contributed by atoms with van der Waals surface area (Å²) in [6.45, 7) is 1.59. The third-order valence-electron chi connectivity index (χ3n) is 0.935. The van der Waals surface area contributed by atoms with Crippen LogP contribution in [0.15, 0.2) is 0 Å². The molecule has 0 saturated heterocycles. The van der Waals surface area contributed by atoms with Crippen molar-refractivity contribution in [2.75, 3.05) is 41.5 Å². The van der Waals surface area contributed by atoms with Crippen LogP contribution in [0.25, 0.3) is 0 Å². The molecule has 4 nitrogen and oxygen atoms in total. The number of hydrogen-bond acceptors (Lipinski definition) is 4. The first-order valence-corrected chi connectivity index (χ1v) is 3.04. The highest BCUT2D eigenvalue weighted by molar-refractivity contribution is 4.34. The molecule has 0 radical (unpaired) electrons. The molecule has 0 aliphatic rings. The molecule has 0 fully saturated rings. The molecule has 10 heavy (non-hydrogen) atoms. The Balaban J connectivity index is 3.30. The lowest BCUT2D eigenvalue weighted by Gasteiger charge is -2.18. The number of rotatable bonds is 6. The van der Waals surface area contributed by atoms with Gasteiger partial charge in [-0.1, -0.05) is 0 Å². The maximum atomic E-state index is 4.88.